The van der Waals surface area contributed by atoms with Gasteiger partial charge in [-0.3, -0.25) is 0 Å². The van der Waals surface area contributed by atoms with Gasteiger partial charge in [-0.1, -0.05) is 19.3 Å². The highest BCUT2D eigenvalue weighted by molar-refractivity contribution is 5.93. The van der Waals surface area contributed by atoms with E-state index >= 15 is 0 Å². The van der Waals surface area contributed by atoms with Gasteiger partial charge in [0.1, 0.15) is 5.82 Å². The number of aromatic nitrogens is 2. The van der Waals surface area contributed by atoms with E-state index < -0.39 is 0 Å². The highest BCUT2D eigenvalue weighted by Crippen LogP contribution is 2.36. The molecule has 3 aliphatic heterocycles. The first kappa shape index (κ1) is 28.7. The van der Waals surface area contributed by atoms with E-state index in [4.69, 9.17) is 19.4 Å². The number of fused-ring (bicyclic) bond motifs is 1. The summed E-state index contributed by atoms with van der Waals surface area (Å²) >= 11 is 0. The Hall–Kier alpha value is -2.36. The summed E-state index contributed by atoms with van der Waals surface area (Å²) in [6.07, 6.45) is 14.0. The maximum absolute atomic E-state index is 6.30. The van der Waals surface area contributed by atoms with Gasteiger partial charge >= 0.3 is 0 Å². The maximum Gasteiger partial charge on any atom is 0.227 e. The van der Waals surface area contributed by atoms with E-state index in [-0.39, 0.29) is 0 Å². The molecule has 1 saturated carbocycles. The van der Waals surface area contributed by atoms with Crippen LogP contribution in [0.4, 0.5) is 11.8 Å². The van der Waals surface area contributed by atoms with Crippen molar-refractivity contribution < 1.29 is 9.47 Å². The van der Waals surface area contributed by atoms with Gasteiger partial charge in [-0.2, -0.15) is 4.98 Å². The molecule has 41 heavy (non-hydrogen) atoms. The largest absolute Gasteiger partial charge is 0.493 e. The first-order valence-corrected chi connectivity index (χ1v) is 16.5. The molecule has 3 saturated heterocycles. The fraction of sp³-hybridized carbons (Fsp3) is 0.750. The first-order valence-electron chi connectivity index (χ1n) is 16.5. The van der Waals surface area contributed by atoms with Crippen LogP contribution in [-0.2, 0) is 0 Å². The van der Waals surface area contributed by atoms with Gasteiger partial charge in [-0.25, -0.2) is 4.98 Å². The molecule has 9 heteroatoms. The minimum Gasteiger partial charge on any atom is -0.493 e. The smallest absolute Gasteiger partial charge is 0.227 e. The lowest BCUT2D eigenvalue weighted by molar-refractivity contribution is 0.126. The highest BCUT2D eigenvalue weighted by atomic mass is 16.5. The zero-order chi connectivity index (χ0) is 27.9. The molecule has 2 aromatic rings. The summed E-state index contributed by atoms with van der Waals surface area (Å²) in [4.78, 5) is 17.9. The molecular weight excluding hydrogens is 514 g/mol. The molecule has 0 unspecified atom stereocenters. The van der Waals surface area contributed by atoms with Gasteiger partial charge in [0, 0.05) is 62.8 Å². The van der Waals surface area contributed by atoms with Crippen LogP contribution in [0.15, 0.2) is 12.1 Å². The van der Waals surface area contributed by atoms with Crippen molar-refractivity contribution in [1.29, 1.82) is 0 Å². The highest BCUT2D eigenvalue weighted by Gasteiger charge is 2.27. The third-order valence-corrected chi connectivity index (χ3v) is 9.63. The van der Waals surface area contributed by atoms with E-state index in [2.05, 4.69) is 37.5 Å². The topological polar surface area (TPSA) is 78.0 Å². The van der Waals surface area contributed by atoms with Crippen LogP contribution < -0.4 is 25.0 Å². The Bertz CT molecular complexity index is 1100. The molecule has 4 heterocycles. The Kier molecular flexibility index (Phi) is 9.96. The van der Waals surface area contributed by atoms with Gasteiger partial charge in [-0.15, -0.1) is 0 Å². The van der Waals surface area contributed by atoms with Crippen LogP contribution in [0.3, 0.4) is 0 Å². The van der Waals surface area contributed by atoms with Crippen LogP contribution in [0.5, 0.6) is 11.5 Å². The van der Waals surface area contributed by atoms with Crippen molar-refractivity contribution in [3.05, 3.63) is 12.1 Å². The molecule has 9 nitrogen and oxygen atoms in total. The number of benzene rings is 1. The third kappa shape index (κ3) is 7.35. The van der Waals surface area contributed by atoms with Crippen molar-refractivity contribution in [2.24, 2.45) is 0 Å². The molecule has 0 atom stereocenters. The maximum atomic E-state index is 6.30. The quantitative estimate of drug-likeness (QED) is 0.405. The van der Waals surface area contributed by atoms with Gasteiger partial charge in [-0.05, 0) is 77.1 Å². The average molecular weight is 566 g/mol. The Morgan fingerprint density at radius 1 is 0.854 bits per heavy atom. The predicted octanol–water partition coefficient (Wildman–Crippen LogP) is 4.51. The molecule has 0 radical (unpaired) electrons. The summed E-state index contributed by atoms with van der Waals surface area (Å²) in [5, 5.41) is 8.40. The number of methoxy groups -OCH3 is 1. The van der Waals surface area contributed by atoms with Crippen molar-refractivity contribution >= 4 is 22.7 Å². The van der Waals surface area contributed by atoms with Crippen molar-refractivity contribution in [2.45, 2.75) is 82.7 Å². The number of nitrogens with one attached hydrogen (secondary N) is 2. The van der Waals surface area contributed by atoms with E-state index in [9.17, 15) is 0 Å². The number of likely N-dealkylation sites (tertiary alicyclic amines) is 2. The Morgan fingerprint density at radius 2 is 1.68 bits per heavy atom. The van der Waals surface area contributed by atoms with Gasteiger partial charge in [0.05, 0.1) is 19.2 Å². The van der Waals surface area contributed by atoms with Crippen molar-refractivity contribution in [2.75, 3.05) is 82.8 Å². The zero-order valence-corrected chi connectivity index (χ0v) is 25.2. The van der Waals surface area contributed by atoms with Crippen molar-refractivity contribution in [1.82, 2.24) is 25.1 Å². The molecule has 0 amide bonds. The molecular formula is C32H51N7O2. The fourth-order valence-corrected chi connectivity index (χ4v) is 7.22. The van der Waals surface area contributed by atoms with E-state index in [1.165, 1.54) is 71.1 Å². The van der Waals surface area contributed by atoms with Gasteiger partial charge < -0.3 is 34.8 Å². The van der Waals surface area contributed by atoms with Gasteiger partial charge in [0.2, 0.25) is 5.95 Å². The summed E-state index contributed by atoms with van der Waals surface area (Å²) in [5.74, 6) is 3.27. The van der Waals surface area contributed by atoms with Crippen LogP contribution >= 0.6 is 0 Å². The number of anilines is 2. The standard InChI is InChI=1S/C32H51N7O2/c1-40-29-23-27-28(24-30(29)41-22-8-17-37-15-5-6-16-37)35-32(39-18-7-13-33-14-21-39)36-31(27)34-25-11-19-38(20-12-25)26-9-3-2-4-10-26/h23-26,33H,2-22H2,1H3,(H,34,35,36). The van der Waals surface area contributed by atoms with Crippen LogP contribution in [0, 0.1) is 0 Å². The lowest BCUT2D eigenvalue weighted by Gasteiger charge is -2.39. The Morgan fingerprint density at radius 3 is 2.49 bits per heavy atom. The summed E-state index contributed by atoms with van der Waals surface area (Å²) in [5.41, 5.74) is 0.921. The van der Waals surface area contributed by atoms with E-state index in [0.717, 1.165) is 98.6 Å². The molecule has 1 aromatic heterocycles. The summed E-state index contributed by atoms with van der Waals surface area (Å²) < 4.78 is 12.1. The number of piperidine rings is 1. The lowest BCUT2D eigenvalue weighted by Crippen LogP contribution is -2.45. The van der Waals surface area contributed by atoms with Crippen LogP contribution in [0.1, 0.15) is 70.6 Å². The molecule has 1 aromatic carbocycles. The van der Waals surface area contributed by atoms with E-state index in [0.29, 0.717) is 12.6 Å². The molecule has 0 bridgehead atoms. The predicted molar refractivity (Wildman–Crippen MR) is 167 cm³/mol. The fourth-order valence-electron chi connectivity index (χ4n) is 7.22. The number of hydrogen-bond donors (Lipinski definition) is 2. The second kappa shape index (κ2) is 14.2. The molecule has 0 spiro atoms. The van der Waals surface area contributed by atoms with Crippen LogP contribution in [0.2, 0.25) is 0 Å². The monoisotopic (exact) mass is 565 g/mol. The summed E-state index contributed by atoms with van der Waals surface area (Å²) in [6, 6.07) is 5.37. The molecule has 1 aliphatic carbocycles. The Labute approximate surface area is 246 Å². The van der Waals surface area contributed by atoms with Crippen molar-refractivity contribution in [3.8, 4) is 11.5 Å². The minimum absolute atomic E-state index is 0.416. The number of hydrogen-bond acceptors (Lipinski definition) is 9. The molecule has 226 valence electrons. The SMILES string of the molecule is COc1cc2c(NC3CCN(C4CCCCC4)CC3)nc(N3CCCNCC3)nc2cc1OCCCN1CCCC1. The van der Waals surface area contributed by atoms with Crippen LogP contribution in [-0.4, -0.2) is 104 Å². The normalized spacial score (nSPS) is 22.2. The second-order valence-corrected chi connectivity index (χ2v) is 12.5. The summed E-state index contributed by atoms with van der Waals surface area (Å²) in [7, 11) is 1.73. The average Bonchev–Trinajstić information content (AvgIpc) is 3.39. The lowest BCUT2D eigenvalue weighted by atomic mass is 9.92. The van der Waals surface area contributed by atoms with Gasteiger partial charge in [0.25, 0.3) is 0 Å². The van der Waals surface area contributed by atoms with E-state index in [1.54, 1.807) is 7.11 Å². The third-order valence-electron chi connectivity index (χ3n) is 9.63. The Balaban J connectivity index is 1.20. The second-order valence-electron chi connectivity index (χ2n) is 12.5. The van der Waals surface area contributed by atoms with Crippen LogP contribution in [0.25, 0.3) is 10.9 Å². The first-order chi connectivity index (χ1) is 20.3. The molecule has 2 N–H and O–H groups in total. The zero-order valence-electron chi connectivity index (χ0n) is 25.2. The summed E-state index contributed by atoms with van der Waals surface area (Å²) in [6.45, 7) is 10.5. The molecule has 4 aliphatic rings. The number of nitrogens with zero attached hydrogens (tertiary/aromatic N) is 5. The van der Waals surface area contributed by atoms with Gasteiger partial charge in [0.15, 0.2) is 11.5 Å². The molecule has 6 rings (SSSR count). The van der Waals surface area contributed by atoms with Crippen molar-refractivity contribution in [3.63, 3.8) is 0 Å². The number of rotatable bonds is 10. The van der Waals surface area contributed by atoms with E-state index in [1.807, 2.05) is 0 Å². The molecule has 4 fully saturated rings. The number of ether oxygens (including phenoxy) is 2. The minimum atomic E-state index is 0.416.